The minimum atomic E-state index is -4.82. The lowest BCUT2D eigenvalue weighted by molar-refractivity contribution is -0.166. The van der Waals surface area contributed by atoms with Gasteiger partial charge in [-0.15, -0.1) is 16.7 Å². The molecule has 0 amide bonds. The van der Waals surface area contributed by atoms with Gasteiger partial charge in [-0.2, -0.15) is 21.6 Å². The molecule has 0 aromatic heterocycles. The van der Waals surface area contributed by atoms with Crippen LogP contribution < -0.4 is 0 Å². The summed E-state index contributed by atoms with van der Waals surface area (Å²) < 4.78 is 70.3. The quantitative estimate of drug-likeness (QED) is 0.687. The Bertz CT molecular complexity index is 770. The Labute approximate surface area is 118 Å². The third kappa shape index (κ3) is 2.64. The molecular weight excluding hydrogens is 309 g/mol. The lowest BCUT2D eigenvalue weighted by Gasteiger charge is -2.20. The molecule has 0 bridgehead atoms. The van der Waals surface area contributed by atoms with Crippen LogP contribution in [0, 0.1) is 19.3 Å². The topological polar surface area (TPSA) is 79.1 Å². The van der Waals surface area contributed by atoms with Crippen LogP contribution in [0.3, 0.4) is 0 Å². The van der Waals surface area contributed by atoms with Gasteiger partial charge in [0.25, 0.3) is 10.1 Å². The van der Waals surface area contributed by atoms with Crippen molar-refractivity contribution in [2.75, 3.05) is 0 Å². The van der Waals surface area contributed by atoms with E-state index in [4.69, 9.17) is 11.0 Å². The molecule has 0 aliphatic carbocycles. The summed E-state index contributed by atoms with van der Waals surface area (Å²) in [5.74, 6) is 1.12. The van der Waals surface area contributed by atoms with Crippen molar-refractivity contribution in [3.8, 4) is 12.3 Å². The molecule has 0 saturated carbocycles. The summed E-state index contributed by atoms with van der Waals surface area (Å²) in [6.07, 6.45) is 0.426. The Morgan fingerprint density at radius 3 is 2.33 bits per heavy atom. The maximum Gasteiger partial charge on any atom is 0.442 e. The minimum Gasteiger partial charge on any atom is -0.285 e. The maximum absolute atomic E-state index is 13.1. The van der Waals surface area contributed by atoms with Crippen LogP contribution in [0.2, 0.25) is 0 Å². The summed E-state index contributed by atoms with van der Waals surface area (Å²) in [5, 5.41) is 6.05. The third-order valence-corrected chi connectivity index (χ3v) is 3.72. The average molecular weight is 318 g/mol. The Morgan fingerprint density at radius 2 is 1.95 bits per heavy atom. The summed E-state index contributed by atoms with van der Waals surface area (Å²) in [5.41, 5.74) is -3.20. The molecule has 5 nitrogen and oxygen atoms in total. The fourth-order valence-corrected chi connectivity index (χ4v) is 2.71. The van der Waals surface area contributed by atoms with Gasteiger partial charge >= 0.3 is 11.8 Å². The second-order valence-electron chi connectivity index (χ2n) is 4.52. The maximum atomic E-state index is 13.1. The highest BCUT2D eigenvalue weighted by Crippen LogP contribution is 2.53. The summed E-state index contributed by atoms with van der Waals surface area (Å²) in [4.78, 5) is 0. The van der Waals surface area contributed by atoms with E-state index in [2.05, 4.69) is 16.1 Å². The molecule has 0 spiro atoms. The number of aryl methyl sites for hydroxylation is 1. The molecular formula is C12H9F3N2O3S. The monoisotopic (exact) mass is 318 g/mol. The van der Waals surface area contributed by atoms with Gasteiger partial charge in [-0.25, -0.2) is 0 Å². The highest BCUT2D eigenvalue weighted by atomic mass is 32.2. The van der Waals surface area contributed by atoms with Crippen molar-refractivity contribution in [1.29, 1.82) is 0 Å². The molecule has 1 N–H and O–H groups in total. The summed E-state index contributed by atoms with van der Waals surface area (Å²) in [7, 11) is -4.57. The van der Waals surface area contributed by atoms with Gasteiger partial charge in [0.15, 0.2) is 0 Å². The van der Waals surface area contributed by atoms with Crippen molar-refractivity contribution in [1.82, 2.24) is 0 Å². The first-order valence-electron chi connectivity index (χ1n) is 5.57. The number of alkyl halides is 3. The molecule has 0 radical (unpaired) electrons. The van der Waals surface area contributed by atoms with E-state index in [0.717, 1.165) is 6.07 Å². The van der Waals surface area contributed by atoms with Crippen LogP contribution in [-0.2, 0) is 21.5 Å². The lowest BCUT2D eigenvalue weighted by atomic mass is 9.91. The van der Waals surface area contributed by atoms with E-state index in [-0.39, 0.29) is 11.1 Å². The van der Waals surface area contributed by atoms with Gasteiger partial charge in [0.2, 0.25) is 0 Å². The number of terminal acetylenes is 1. The van der Waals surface area contributed by atoms with Crippen molar-refractivity contribution < 1.29 is 26.1 Å². The van der Waals surface area contributed by atoms with Crippen molar-refractivity contribution >= 4 is 10.1 Å². The van der Waals surface area contributed by atoms with Crippen LogP contribution in [0.25, 0.3) is 0 Å². The normalized spacial score (nSPS) is 16.6. The van der Waals surface area contributed by atoms with Gasteiger partial charge in [0, 0.05) is 11.1 Å². The van der Waals surface area contributed by atoms with E-state index in [1.807, 2.05) is 0 Å². The molecule has 1 aromatic rings. The van der Waals surface area contributed by atoms with Gasteiger partial charge in [0.05, 0.1) is 0 Å². The van der Waals surface area contributed by atoms with Crippen LogP contribution in [-0.4, -0.2) is 19.1 Å². The van der Waals surface area contributed by atoms with Crippen molar-refractivity contribution in [2.24, 2.45) is 10.2 Å². The first-order valence-corrected chi connectivity index (χ1v) is 7.18. The Balaban J connectivity index is 2.71. The minimum absolute atomic E-state index is 0.0222. The molecule has 0 saturated heterocycles. The van der Waals surface area contributed by atoms with Crippen molar-refractivity contribution in [3.05, 3.63) is 34.4 Å². The smallest absolute Gasteiger partial charge is 0.285 e. The SMILES string of the molecule is C#Cc1c(C)ccc(C2(C(F)(F)F)N=N2)c1CS(=O)(=O)O. The Hall–Kier alpha value is -1.92. The predicted octanol–water partition coefficient (Wildman–Crippen LogP) is 2.55. The molecule has 21 heavy (non-hydrogen) atoms. The summed E-state index contributed by atoms with van der Waals surface area (Å²) in [6.45, 7) is 1.52. The van der Waals surface area contributed by atoms with E-state index in [1.165, 1.54) is 13.0 Å². The van der Waals surface area contributed by atoms with Gasteiger partial charge in [0.1, 0.15) is 5.75 Å². The summed E-state index contributed by atoms with van der Waals surface area (Å²) in [6, 6.07) is 2.40. The average Bonchev–Trinajstić information content (AvgIpc) is 3.08. The van der Waals surface area contributed by atoms with E-state index in [1.54, 1.807) is 0 Å². The van der Waals surface area contributed by atoms with E-state index in [0.29, 0.717) is 5.56 Å². The molecule has 0 unspecified atom stereocenters. The molecule has 1 aliphatic heterocycles. The van der Waals surface area contributed by atoms with Gasteiger partial charge in [-0.1, -0.05) is 18.1 Å². The molecule has 0 fully saturated rings. The Kier molecular flexibility index (Phi) is 3.35. The van der Waals surface area contributed by atoms with Crippen molar-refractivity contribution in [3.63, 3.8) is 0 Å². The molecule has 9 heteroatoms. The van der Waals surface area contributed by atoms with Gasteiger partial charge in [-0.05, 0) is 18.1 Å². The van der Waals surface area contributed by atoms with Gasteiger partial charge in [-0.3, -0.25) is 4.55 Å². The van der Waals surface area contributed by atoms with Crippen LogP contribution >= 0.6 is 0 Å². The zero-order valence-electron chi connectivity index (χ0n) is 10.6. The molecule has 2 rings (SSSR count). The van der Waals surface area contributed by atoms with E-state index < -0.39 is 33.3 Å². The Morgan fingerprint density at radius 1 is 1.38 bits per heavy atom. The van der Waals surface area contributed by atoms with Crippen LogP contribution in [0.4, 0.5) is 13.2 Å². The van der Waals surface area contributed by atoms with E-state index in [9.17, 15) is 21.6 Å². The molecule has 0 atom stereocenters. The van der Waals surface area contributed by atoms with Crippen LogP contribution in [0.15, 0.2) is 22.4 Å². The summed E-state index contributed by atoms with van der Waals surface area (Å²) >= 11 is 0. The number of nitrogens with zero attached hydrogens (tertiary/aromatic N) is 2. The van der Waals surface area contributed by atoms with E-state index >= 15 is 0 Å². The first kappa shape index (κ1) is 15.5. The first-order chi connectivity index (χ1) is 9.52. The number of hydrogen-bond acceptors (Lipinski definition) is 4. The molecule has 1 heterocycles. The molecule has 1 aliphatic rings. The third-order valence-electron chi connectivity index (χ3n) is 3.06. The predicted molar refractivity (Wildman–Crippen MR) is 67.0 cm³/mol. The number of hydrogen-bond donors (Lipinski definition) is 1. The fourth-order valence-electron chi connectivity index (χ4n) is 2.05. The number of rotatable bonds is 3. The number of halogens is 3. The zero-order chi connectivity index (χ0) is 16.1. The second-order valence-corrected chi connectivity index (χ2v) is 5.98. The lowest BCUT2D eigenvalue weighted by Crippen LogP contribution is -2.32. The van der Waals surface area contributed by atoms with Gasteiger partial charge < -0.3 is 0 Å². The number of benzene rings is 1. The van der Waals surface area contributed by atoms with Crippen LogP contribution in [0.1, 0.15) is 22.3 Å². The van der Waals surface area contributed by atoms with Crippen molar-refractivity contribution in [2.45, 2.75) is 24.5 Å². The highest BCUT2D eigenvalue weighted by Gasteiger charge is 2.66. The zero-order valence-corrected chi connectivity index (χ0v) is 11.5. The molecule has 112 valence electrons. The second kappa shape index (κ2) is 4.54. The standard InChI is InChI=1S/C12H9F3N2O3S/c1-3-8-7(2)4-5-10(9(8)6-21(18,19)20)11(16-17-11)12(13,14)15/h1,4-5H,6H2,2H3,(H,18,19,20). The largest absolute Gasteiger partial charge is 0.442 e. The highest BCUT2D eigenvalue weighted by molar-refractivity contribution is 7.85. The van der Waals surface area contributed by atoms with Crippen LogP contribution in [0.5, 0.6) is 0 Å². The molecule has 1 aromatic carbocycles. The fraction of sp³-hybridized carbons (Fsp3) is 0.333.